The number of aryl methyl sites for hydroxylation is 2. The number of rotatable bonds is 8. The van der Waals surface area contributed by atoms with Crippen molar-refractivity contribution in [3.05, 3.63) is 94.5 Å². The molecular formula is C27H33O2P. The molecule has 0 fully saturated rings. The number of aliphatic hydroxyl groups is 1. The minimum absolute atomic E-state index is 0.0756. The molecule has 0 saturated heterocycles. The van der Waals surface area contributed by atoms with E-state index in [1.165, 1.54) is 27.6 Å². The number of benzene rings is 3. The second-order valence-electron chi connectivity index (χ2n) is 8.31. The maximum atomic E-state index is 10.3. The lowest BCUT2D eigenvalue weighted by molar-refractivity contribution is 0.200. The van der Waals surface area contributed by atoms with Gasteiger partial charge in [-0.2, -0.15) is 0 Å². The van der Waals surface area contributed by atoms with Crippen molar-refractivity contribution in [1.82, 2.24) is 0 Å². The normalized spacial score (nSPS) is 14.6. The molecule has 0 amide bonds. The Balaban J connectivity index is 2.01. The minimum Gasteiger partial charge on any atom is -0.488 e. The molecule has 3 heteroatoms. The van der Waals surface area contributed by atoms with Crippen LogP contribution in [0.25, 0.3) is 0 Å². The van der Waals surface area contributed by atoms with Crippen LogP contribution in [-0.2, 0) is 11.8 Å². The Labute approximate surface area is 183 Å². The molecule has 0 aromatic heterocycles. The smallest absolute Gasteiger partial charge is 0.126 e. The number of ether oxygens (including phenoxy) is 1. The summed E-state index contributed by atoms with van der Waals surface area (Å²) in [5, 5.41) is 11.4. The van der Waals surface area contributed by atoms with E-state index in [2.05, 4.69) is 64.1 Å². The summed E-state index contributed by atoms with van der Waals surface area (Å²) in [5.41, 5.74) is 5.88. The van der Waals surface area contributed by atoms with Crippen LogP contribution in [-0.4, -0.2) is 5.11 Å². The SMILES string of the molecule is CCC(C)(Pc1ccccc1C(C)O)c1cc(C)cc(C)c1OCc1ccccc1. The summed E-state index contributed by atoms with van der Waals surface area (Å²) in [6.45, 7) is 11.3. The first-order chi connectivity index (χ1) is 14.3. The Morgan fingerprint density at radius 2 is 1.67 bits per heavy atom. The summed E-state index contributed by atoms with van der Waals surface area (Å²) < 4.78 is 6.43. The van der Waals surface area contributed by atoms with Gasteiger partial charge in [0.05, 0.1) is 6.10 Å². The standard InChI is InChI=1S/C27H33O2P/c1-6-27(5,30-25-15-11-10-14-23(25)21(4)28)24-17-19(2)16-20(3)26(24)29-18-22-12-8-7-9-13-22/h7-17,21,28,30H,6,18H2,1-5H3. The Kier molecular flexibility index (Phi) is 7.34. The van der Waals surface area contributed by atoms with Crippen molar-refractivity contribution in [2.45, 2.75) is 58.9 Å². The molecule has 0 aliphatic carbocycles. The van der Waals surface area contributed by atoms with Gasteiger partial charge in [-0.15, -0.1) is 0 Å². The van der Waals surface area contributed by atoms with E-state index in [9.17, 15) is 5.11 Å². The van der Waals surface area contributed by atoms with E-state index in [1.807, 2.05) is 37.3 Å². The third kappa shape index (κ3) is 5.12. The zero-order valence-corrected chi connectivity index (χ0v) is 19.7. The number of hydrogen-bond acceptors (Lipinski definition) is 2. The predicted octanol–water partition coefficient (Wildman–Crippen LogP) is 6.56. The highest BCUT2D eigenvalue weighted by Crippen LogP contribution is 2.49. The Bertz CT molecular complexity index is 981. The van der Waals surface area contributed by atoms with Crippen LogP contribution in [0.15, 0.2) is 66.7 Å². The Hall–Kier alpha value is -2.15. The Morgan fingerprint density at radius 1 is 1.00 bits per heavy atom. The fourth-order valence-electron chi connectivity index (χ4n) is 3.90. The molecule has 0 spiro atoms. The number of aliphatic hydroxyl groups excluding tert-OH is 1. The van der Waals surface area contributed by atoms with Crippen molar-refractivity contribution < 1.29 is 9.84 Å². The van der Waals surface area contributed by atoms with Gasteiger partial charge in [-0.3, -0.25) is 0 Å². The lowest BCUT2D eigenvalue weighted by Gasteiger charge is -2.33. The van der Waals surface area contributed by atoms with Crippen molar-refractivity contribution in [3.63, 3.8) is 0 Å². The van der Waals surface area contributed by atoms with E-state index in [0.29, 0.717) is 15.2 Å². The molecule has 158 valence electrons. The molecule has 0 radical (unpaired) electrons. The second kappa shape index (κ2) is 9.77. The van der Waals surface area contributed by atoms with Gasteiger partial charge in [0, 0.05) is 10.7 Å². The molecule has 3 atom stereocenters. The van der Waals surface area contributed by atoms with Crippen LogP contribution < -0.4 is 10.0 Å². The van der Waals surface area contributed by atoms with Crippen molar-refractivity contribution >= 4 is 13.9 Å². The van der Waals surface area contributed by atoms with Crippen molar-refractivity contribution in [1.29, 1.82) is 0 Å². The molecule has 0 heterocycles. The largest absolute Gasteiger partial charge is 0.488 e. The van der Waals surface area contributed by atoms with Crippen molar-refractivity contribution in [3.8, 4) is 5.75 Å². The molecule has 0 bridgehead atoms. The van der Waals surface area contributed by atoms with Gasteiger partial charge in [-0.1, -0.05) is 94.7 Å². The highest BCUT2D eigenvalue weighted by molar-refractivity contribution is 7.48. The molecule has 2 nitrogen and oxygen atoms in total. The highest BCUT2D eigenvalue weighted by Gasteiger charge is 2.31. The lowest BCUT2D eigenvalue weighted by atomic mass is 9.92. The summed E-state index contributed by atoms with van der Waals surface area (Å²) in [6.07, 6.45) is 0.521. The first-order valence-corrected chi connectivity index (χ1v) is 11.7. The van der Waals surface area contributed by atoms with Gasteiger partial charge >= 0.3 is 0 Å². The van der Waals surface area contributed by atoms with Gasteiger partial charge in [-0.05, 0) is 49.2 Å². The van der Waals surface area contributed by atoms with Gasteiger partial charge in [0.1, 0.15) is 12.4 Å². The average Bonchev–Trinajstić information content (AvgIpc) is 2.73. The summed E-state index contributed by atoms with van der Waals surface area (Å²) in [4.78, 5) is 0. The molecule has 3 unspecified atom stereocenters. The summed E-state index contributed by atoms with van der Waals surface area (Å²) >= 11 is 0. The van der Waals surface area contributed by atoms with Crippen LogP contribution in [0.2, 0.25) is 0 Å². The van der Waals surface area contributed by atoms with Crippen LogP contribution in [0.5, 0.6) is 5.75 Å². The molecule has 3 rings (SSSR count). The third-order valence-corrected chi connectivity index (χ3v) is 7.67. The van der Waals surface area contributed by atoms with E-state index in [-0.39, 0.29) is 5.16 Å². The first-order valence-electron chi connectivity index (χ1n) is 10.7. The average molecular weight is 421 g/mol. The van der Waals surface area contributed by atoms with Gasteiger partial charge in [-0.25, -0.2) is 0 Å². The maximum absolute atomic E-state index is 10.3. The van der Waals surface area contributed by atoms with E-state index in [1.54, 1.807) is 0 Å². The van der Waals surface area contributed by atoms with Crippen LogP contribution >= 0.6 is 8.58 Å². The molecular weight excluding hydrogens is 387 g/mol. The van der Waals surface area contributed by atoms with Crippen molar-refractivity contribution in [2.24, 2.45) is 0 Å². The third-order valence-electron chi connectivity index (χ3n) is 5.77. The van der Waals surface area contributed by atoms with E-state index < -0.39 is 6.10 Å². The summed E-state index contributed by atoms with van der Waals surface area (Å²) in [7, 11) is 0.538. The topological polar surface area (TPSA) is 29.5 Å². The van der Waals surface area contributed by atoms with Gasteiger partial charge in [0.2, 0.25) is 0 Å². The molecule has 3 aromatic rings. The van der Waals surface area contributed by atoms with Crippen LogP contribution in [0.1, 0.15) is 61.1 Å². The van der Waals surface area contributed by atoms with Gasteiger partial charge < -0.3 is 9.84 Å². The molecule has 0 aliphatic rings. The maximum Gasteiger partial charge on any atom is 0.126 e. The highest BCUT2D eigenvalue weighted by atomic mass is 31.1. The second-order valence-corrected chi connectivity index (χ2v) is 10.2. The van der Waals surface area contributed by atoms with Crippen LogP contribution in [0, 0.1) is 13.8 Å². The zero-order valence-electron chi connectivity index (χ0n) is 18.7. The fraction of sp³-hybridized carbons (Fsp3) is 0.333. The predicted molar refractivity (Wildman–Crippen MR) is 129 cm³/mol. The van der Waals surface area contributed by atoms with Gasteiger partial charge in [0.25, 0.3) is 0 Å². The lowest BCUT2D eigenvalue weighted by Crippen LogP contribution is -2.22. The zero-order chi connectivity index (χ0) is 21.7. The summed E-state index contributed by atoms with van der Waals surface area (Å²) in [6, 6.07) is 23.1. The monoisotopic (exact) mass is 420 g/mol. The molecule has 3 aromatic carbocycles. The molecule has 0 saturated carbocycles. The fourth-order valence-corrected chi connectivity index (χ4v) is 5.61. The molecule has 30 heavy (non-hydrogen) atoms. The van der Waals surface area contributed by atoms with E-state index in [0.717, 1.165) is 17.7 Å². The Morgan fingerprint density at radius 3 is 2.33 bits per heavy atom. The van der Waals surface area contributed by atoms with Gasteiger partial charge in [0.15, 0.2) is 0 Å². The quantitative estimate of drug-likeness (QED) is 0.418. The molecule has 0 aliphatic heterocycles. The van der Waals surface area contributed by atoms with Crippen molar-refractivity contribution in [2.75, 3.05) is 0 Å². The van der Waals surface area contributed by atoms with Crippen LogP contribution in [0.3, 0.4) is 0 Å². The summed E-state index contributed by atoms with van der Waals surface area (Å²) in [5.74, 6) is 0.996. The van der Waals surface area contributed by atoms with E-state index >= 15 is 0 Å². The van der Waals surface area contributed by atoms with E-state index in [4.69, 9.17) is 4.74 Å². The minimum atomic E-state index is -0.470. The molecule has 1 N–H and O–H groups in total. The van der Waals surface area contributed by atoms with Crippen LogP contribution in [0.4, 0.5) is 0 Å². The number of hydrogen-bond donors (Lipinski definition) is 1. The first kappa shape index (κ1) is 22.5.